The molecule has 2 aromatic rings. The average Bonchev–Trinajstić information content (AvgIpc) is 3.07. The number of halogens is 2. The summed E-state index contributed by atoms with van der Waals surface area (Å²) < 4.78 is 19.1. The van der Waals surface area contributed by atoms with E-state index in [9.17, 15) is 9.18 Å². The quantitative estimate of drug-likeness (QED) is 0.783. The zero-order chi connectivity index (χ0) is 17.1. The molecule has 1 aliphatic rings. The van der Waals surface area contributed by atoms with Crippen molar-refractivity contribution in [2.75, 3.05) is 24.7 Å². The number of ether oxygens (including phenoxy) is 1. The maximum Gasteiger partial charge on any atom is 0.323 e. The Kier molecular flexibility index (Phi) is 5.30. The molecule has 0 saturated carbocycles. The number of methoxy groups -OCH3 is 1. The minimum Gasteiger partial charge on any atom is -0.495 e. The minimum absolute atomic E-state index is 0.142. The number of thioether (sulfide) groups is 1. The predicted octanol–water partition coefficient (Wildman–Crippen LogP) is 4.88. The number of rotatable bonds is 3. The number of nitrogens with one attached hydrogen (secondary N) is 1. The summed E-state index contributed by atoms with van der Waals surface area (Å²) in [6.45, 7) is 0.630. The van der Waals surface area contributed by atoms with E-state index in [0.717, 1.165) is 11.3 Å². The number of amides is 2. The molecule has 4 nitrogen and oxygen atoms in total. The molecule has 1 atom stereocenters. The first-order valence-electron chi connectivity index (χ1n) is 7.37. The van der Waals surface area contributed by atoms with E-state index in [-0.39, 0.29) is 17.2 Å². The molecule has 0 aliphatic carbocycles. The van der Waals surface area contributed by atoms with Crippen LogP contribution in [0.4, 0.5) is 14.9 Å². The standard InChI is InChI=1S/C17H16BrFN2O2S/c1-23-15-5-3-2-4-14(15)20-17(22)21-8-9-24-16(21)11-6-7-13(19)12(18)10-11/h2-7,10,16H,8-9H2,1H3,(H,20,22)/t16-/m1/s1. The second-order valence-electron chi connectivity index (χ2n) is 5.22. The summed E-state index contributed by atoms with van der Waals surface area (Å²) in [7, 11) is 1.57. The number of urea groups is 1. The molecule has 1 saturated heterocycles. The topological polar surface area (TPSA) is 41.6 Å². The third-order valence-corrected chi connectivity index (χ3v) is 5.60. The molecule has 0 spiro atoms. The highest BCUT2D eigenvalue weighted by Crippen LogP contribution is 2.39. The first-order chi connectivity index (χ1) is 11.6. The summed E-state index contributed by atoms with van der Waals surface area (Å²) in [4.78, 5) is 14.4. The average molecular weight is 411 g/mol. The molecule has 2 amide bonds. The maximum atomic E-state index is 13.5. The highest BCUT2D eigenvalue weighted by Gasteiger charge is 2.31. The van der Waals surface area contributed by atoms with Crippen LogP contribution >= 0.6 is 27.7 Å². The third kappa shape index (κ3) is 3.52. The van der Waals surface area contributed by atoms with E-state index >= 15 is 0 Å². The Morgan fingerprint density at radius 1 is 1.38 bits per heavy atom. The van der Waals surface area contributed by atoms with Gasteiger partial charge in [-0.05, 0) is 45.8 Å². The molecular formula is C17H16BrFN2O2S. The number of benzene rings is 2. The number of carbonyl (C=O) groups excluding carboxylic acids is 1. The molecule has 1 heterocycles. The van der Waals surface area contributed by atoms with E-state index in [0.29, 0.717) is 22.5 Å². The van der Waals surface area contributed by atoms with E-state index in [1.165, 1.54) is 6.07 Å². The Balaban J connectivity index is 1.79. The maximum absolute atomic E-state index is 13.5. The van der Waals surface area contributed by atoms with Gasteiger partial charge in [-0.1, -0.05) is 18.2 Å². The molecule has 1 N–H and O–H groups in total. The Morgan fingerprint density at radius 2 is 2.17 bits per heavy atom. The van der Waals surface area contributed by atoms with Crippen molar-refractivity contribution in [2.24, 2.45) is 0 Å². The monoisotopic (exact) mass is 410 g/mol. The van der Waals surface area contributed by atoms with Gasteiger partial charge in [0.2, 0.25) is 0 Å². The summed E-state index contributed by atoms with van der Waals surface area (Å²) in [5.41, 5.74) is 1.52. The molecule has 1 fully saturated rings. The van der Waals surface area contributed by atoms with Crippen LogP contribution in [0.3, 0.4) is 0 Å². The van der Waals surface area contributed by atoms with Crippen LogP contribution in [-0.2, 0) is 0 Å². The molecule has 0 aromatic heterocycles. The number of hydrogen-bond acceptors (Lipinski definition) is 3. The Bertz CT molecular complexity index is 759. The first-order valence-corrected chi connectivity index (χ1v) is 9.21. The molecular weight excluding hydrogens is 395 g/mol. The lowest BCUT2D eigenvalue weighted by Crippen LogP contribution is -2.34. The normalized spacial score (nSPS) is 17.0. The van der Waals surface area contributed by atoms with Gasteiger partial charge >= 0.3 is 6.03 Å². The van der Waals surface area contributed by atoms with Crippen molar-refractivity contribution in [3.8, 4) is 5.75 Å². The highest BCUT2D eigenvalue weighted by molar-refractivity contribution is 9.10. The fourth-order valence-corrected chi connectivity index (χ4v) is 4.20. The lowest BCUT2D eigenvalue weighted by molar-refractivity contribution is 0.214. The number of anilines is 1. The molecule has 7 heteroatoms. The number of para-hydroxylation sites is 2. The van der Waals surface area contributed by atoms with Crippen LogP contribution in [-0.4, -0.2) is 30.3 Å². The van der Waals surface area contributed by atoms with E-state index in [2.05, 4.69) is 21.2 Å². The zero-order valence-electron chi connectivity index (χ0n) is 13.0. The third-order valence-electron chi connectivity index (χ3n) is 3.73. The van der Waals surface area contributed by atoms with Gasteiger partial charge < -0.3 is 15.0 Å². The SMILES string of the molecule is COc1ccccc1NC(=O)N1CCS[C@@H]1c1ccc(F)c(Br)c1. The van der Waals surface area contributed by atoms with Gasteiger partial charge in [0.05, 0.1) is 17.3 Å². The van der Waals surface area contributed by atoms with Crippen molar-refractivity contribution in [1.29, 1.82) is 0 Å². The van der Waals surface area contributed by atoms with Crippen molar-refractivity contribution >= 4 is 39.4 Å². The van der Waals surface area contributed by atoms with Gasteiger partial charge in [-0.25, -0.2) is 9.18 Å². The summed E-state index contributed by atoms with van der Waals surface area (Å²) in [5, 5.41) is 2.75. The lowest BCUT2D eigenvalue weighted by Gasteiger charge is -2.25. The van der Waals surface area contributed by atoms with Crippen molar-refractivity contribution in [1.82, 2.24) is 4.90 Å². The van der Waals surface area contributed by atoms with Crippen LogP contribution in [0.1, 0.15) is 10.9 Å². The van der Waals surface area contributed by atoms with E-state index in [4.69, 9.17) is 4.74 Å². The fourth-order valence-electron chi connectivity index (χ4n) is 2.56. The number of hydrogen-bond donors (Lipinski definition) is 1. The van der Waals surface area contributed by atoms with Gasteiger partial charge in [-0.15, -0.1) is 11.8 Å². The Hall–Kier alpha value is -1.73. The molecule has 3 rings (SSSR count). The van der Waals surface area contributed by atoms with Crippen LogP contribution < -0.4 is 10.1 Å². The molecule has 0 bridgehead atoms. The van der Waals surface area contributed by atoms with Crippen molar-refractivity contribution in [3.63, 3.8) is 0 Å². The number of nitrogens with zero attached hydrogens (tertiary/aromatic N) is 1. The van der Waals surface area contributed by atoms with Gasteiger partial charge in [0.15, 0.2) is 0 Å². The fraction of sp³-hybridized carbons (Fsp3) is 0.235. The van der Waals surface area contributed by atoms with E-state index < -0.39 is 0 Å². The smallest absolute Gasteiger partial charge is 0.323 e. The van der Waals surface area contributed by atoms with Crippen LogP contribution in [0, 0.1) is 5.82 Å². The second-order valence-corrected chi connectivity index (χ2v) is 7.26. The van der Waals surface area contributed by atoms with E-state index in [1.54, 1.807) is 48.0 Å². The first kappa shape index (κ1) is 17.1. The summed E-state index contributed by atoms with van der Waals surface area (Å²) in [5.74, 6) is 1.13. The van der Waals surface area contributed by atoms with Gasteiger partial charge in [0.25, 0.3) is 0 Å². The van der Waals surface area contributed by atoms with E-state index in [1.807, 2.05) is 12.1 Å². The van der Waals surface area contributed by atoms with Crippen molar-refractivity contribution < 1.29 is 13.9 Å². The predicted molar refractivity (Wildman–Crippen MR) is 98.0 cm³/mol. The van der Waals surface area contributed by atoms with Crippen LogP contribution in [0.2, 0.25) is 0 Å². The van der Waals surface area contributed by atoms with Gasteiger partial charge in [-0.2, -0.15) is 0 Å². The highest BCUT2D eigenvalue weighted by atomic mass is 79.9. The summed E-state index contributed by atoms with van der Waals surface area (Å²) in [6, 6.07) is 11.9. The lowest BCUT2D eigenvalue weighted by atomic mass is 10.2. The summed E-state index contributed by atoms with van der Waals surface area (Å²) in [6.07, 6.45) is 0. The molecule has 2 aromatic carbocycles. The van der Waals surface area contributed by atoms with Crippen LogP contribution in [0.5, 0.6) is 5.75 Å². The summed E-state index contributed by atoms with van der Waals surface area (Å²) >= 11 is 4.86. The minimum atomic E-state index is -0.313. The number of carbonyl (C=O) groups is 1. The Morgan fingerprint density at radius 3 is 2.92 bits per heavy atom. The molecule has 1 aliphatic heterocycles. The molecule has 24 heavy (non-hydrogen) atoms. The van der Waals surface area contributed by atoms with Gasteiger partial charge in [-0.3, -0.25) is 0 Å². The van der Waals surface area contributed by atoms with Gasteiger partial charge in [0.1, 0.15) is 16.9 Å². The molecule has 0 radical (unpaired) electrons. The zero-order valence-corrected chi connectivity index (χ0v) is 15.4. The van der Waals surface area contributed by atoms with Crippen LogP contribution in [0.15, 0.2) is 46.9 Å². The molecule has 126 valence electrons. The van der Waals surface area contributed by atoms with Crippen molar-refractivity contribution in [3.05, 3.63) is 58.3 Å². The second kappa shape index (κ2) is 7.44. The molecule has 0 unspecified atom stereocenters. The van der Waals surface area contributed by atoms with Crippen LogP contribution in [0.25, 0.3) is 0 Å². The van der Waals surface area contributed by atoms with Crippen molar-refractivity contribution in [2.45, 2.75) is 5.37 Å². The Labute approximate surface area is 152 Å². The largest absolute Gasteiger partial charge is 0.495 e. The van der Waals surface area contributed by atoms with Gasteiger partial charge in [0, 0.05) is 12.3 Å².